The Hall–Kier alpha value is -3.12. The van der Waals surface area contributed by atoms with Crippen LogP contribution in [-0.2, 0) is 9.59 Å². The molecule has 2 aliphatic heterocycles. The molecule has 2 aromatic carbocycles. The largest absolute Gasteiger partial charge is 0.369 e. The van der Waals surface area contributed by atoms with Crippen LogP contribution in [0, 0.1) is 6.92 Å². The summed E-state index contributed by atoms with van der Waals surface area (Å²) in [6.45, 7) is 9.47. The van der Waals surface area contributed by atoms with Gasteiger partial charge in [0.05, 0.1) is 5.57 Å². The molecule has 6 heteroatoms. The van der Waals surface area contributed by atoms with Crippen LogP contribution in [0.4, 0.5) is 11.4 Å². The lowest BCUT2D eigenvalue weighted by Crippen LogP contribution is -2.46. The molecule has 1 fully saturated rings. The highest BCUT2D eigenvalue weighted by Gasteiger charge is 2.36. The van der Waals surface area contributed by atoms with Crippen molar-refractivity contribution in [3.05, 3.63) is 65.4 Å². The van der Waals surface area contributed by atoms with Crippen molar-refractivity contribution in [1.29, 1.82) is 0 Å². The quantitative estimate of drug-likeness (QED) is 0.777. The maximum atomic E-state index is 12.7. The van der Waals surface area contributed by atoms with E-state index >= 15 is 0 Å². The van der Waals surface area contributed by atoms with Gasteiger partial charge in [0, 0.05) is 44.6 Å². The maximum Gasteiger partial charge on any atom is 0.277 e. The van der Waals surface area contributed by atoms with Crippen molar-refractivity contribution in [3.8, 4) is 0 Å². The van der Waals surface area contributed by atoms with Gasteiger partial charge < -0.3 is 15.1 Å². The number of anilines is 2. The molecule has 1 N–H and O–H groups in total. The lowest BCUT2D eigenvalue weighted by atomic mass is 10.0. The van der Waals surface area contributed by atoms with Gasteiger partial charge in [-0.15, -0.1) is 0 Å². The second-order valence-corrected chi connectivity index (χ2v) is 7.88. The van der Waals surface area contributed by atoms with E-state index in [1.54, 1.807) is 0 Å². The van der Waals surface area contributed by atoms with Gasteiger partial charge in [-0.25, -0.2) is 0 Å². The average Bonchev–Trinajstić information content (AvgIpc) is 2.99. The molecule has 0 atom stereocenters. The van der Waals surface area contributed by atoms with Crippen molar-refractivity contribution >= 4 is 28.8 Å². The Balaban J connectivity index is 1.56. The molecule has 0 saturated carbocycles. The van der Waals surface area contributed by atoms with Gasteiger partial charge in [0.2, 0.25) is 0 Å². The maximum absolute atomic E-state index is 12.7. The van der Waals surface area contributed by atoms with Gasteiger partial charge in [0.25, 0.3) is 11.8 Å². The molecule has 30 heavy (non-hydrogen) atoms. The summed E-state index contributed by atoms with van der Waals surface area (Å²) in [6.07, 6.45) is 0. The zero-order valence-corrected chi connectivity index (χ0v) is 17.8. The number of carbonyl (C=O) groups excluding carboxylic acids is 2. The van der Waals surface area contributed by atoms with Gasteiger partial charge in [-0.1, -0.05) is 36.8 Å². The Bertz CT molecular complexity index is 971. The summed E-state index contributed by atoms with van der Waals surface area (Å²) in [5.74, 6) is -0.591. The number of imide groups is 1. The van der Waals surface area contributed by atoms with Gasteiger partial charge in [-0.2, -0.15) is 0 Å². The fourth-order valence-electron chi connectivity index (χ4n) is 3.97. The number of rotatable bonds is 5. The third-order valence-electron chi connectivity index (χ3n) is 5.95. The number of aryl methyl sites for hydroxylation is 1. The number of amides is 2. The van der Waals surface area contributed by atoms with Gasteiger partial charge >= 0.3 is 0 Å². The molecule has 2 aliphatic rings. The first-order valence-electron chi connectivity index (χ1n) is 10.5. The lowest BCUT2D eigenvalue weighted by Gasteiger charge is -2.35. The van der Waals surface area contributed by atoms with E-state index in [0.717, 1.165) is 49.5 Å². The summed E-state index contributed by atoms with van der Waals surface area (Å²) in [5, 5.41) is 3.20. The topological polar surface area (TPSA) is 55.9 Å². The highest BCUT2D eigenvalue weighted by Crippen LogP contribution is 2.30. The van der Waals surface area contributed by atoms with E-state index in [4.69, 9.17) is 0 Å². The van der Waals surface area contributed by atoms with Crippen molar-refractivity contribution in [2.24, 2.45) is 0 Å². The molecule has 0 aliphatic carbocycles. The monoisotopic (exact) mass is 404 g/mol. The van der Waals surface area contributed by atoms with Crippen LogP contribution in [0.2, 0.25) is 0 Å². The van der Waals surface area contributed by atoms with Crippen LogP contribution in [0.25, 0.3) is 5.57 Å². The summed E-state index contributed by atoms with van der Waals surface area (Å²) in [6, 6.07) is 15.7. The van der Waals surface area contributed by atoms with Crippen molar-refractivity contribution < 1.29 is 9.59 Å². The number of piperazine rings is 1. The summed E-state index contributed by atoms with van der Waals surface area (Å²) in [7, 11) is 1.52. The highest BCUT2D eigenvalue weighted by atomic mass is 16.2. The number of likely N-dealkylation sites (N-methyl/N-ethyl adjacent to an activating group) is 2. The molecule has 0 bridgehead atoms. The van der Waals surface area contributed by atoms with Gasteiger partial charge in [-0.3, -0.25) is 14.5 Å². The normalized spacial score (nSPS) is 17.8. The molecule has 2 amide bonds. The van der Waals surface area contributed by atoms with Crippen molar-refractivity contribution in [1.82, 2.24) is 9.80 Å². The standard InChI is InChI=1S/C24H28N4O2/c1-4-27-13-15-28(16-14-27)20-11-9-19(10-12-20)25-22-21(23(29)26(3)24(22)30)18-7-5-17(2)6-8-18/h5-12,25H,4,13-16H2,1-3H3. The number of hydrogen-bond acceptors (Lipinski definition) is 5. The summed E-state index contributed by atoms with van der Waals surface area (Å²) >= 11 is 0. The van der Waals surface area contributed by atoms with Gasteiger partial charge in [0.1, 0.15) is 5.70 Å². The van der Waals surface area contributed by atoms with Crippen molar-refractivity contribution in [2.45, 2.75) is 13.8 Å². The number of benzene rings is 2. The minimum atomic E-state index is -0.310. The first-order valence-corrected chi connectivity index (χ1v) is 10.5. The number of hydrogen-bond donors (Lipinski definition) is 1. The van der Waals surface area contributed by atoms with E-state index in [9.17, 15) is 9.59 Å². The smallest absolute Gasteiger partial charge is 0.277 e. The second-order valence-electron chi connectivity index (χ2n) is 7.88. The fraction of sp³-hybridized carbons (Fsp3) is 0.333. The Morgan fingerprint density at radius 1 is 0.867 bits per heavy atom. The van der Waals surface area contributed by atoms with Crippen LogP contribution in [0.3, 0.4) is 0 Å². The Kier molecular flexibility index (Phi) is 5.59. The van der Waals surface area contributed by atoms with Crippen LogP contribution in [0.15, 0.2) is 54.2 Å². The van der Waals surface area contributed by atoms with E-state index in [1.165, 1.54) is 17.6 Å². The average molecular weight is 405 g/mol. The molecule has 0 spiro atoms. The van der Waals surface area contributed by atoms with E-state index in [-0.39, 0.29) is 11.8 Å². The van der Waals surface area contributed by atoms with Crippen LogP contribution >= 0.6 is 0 Å². The molecule has 0 radical (unpaired) electrons. The third kappa shape index (κ3) is 3.83. The van der Waals surface area contributed by atoms with Crippen molar-refractivity contribution in [3.63, 3.8) is 0 Å². The number of carbonyl (C=O) groups is 2. The summed E-state index contributed by atoms with van der Waals surface area (Å²) in [4.78, 5) is 31.4. The van der Waals surface area contributed by atoms with Crippen LogP contribution in [0.5, 0.6) is 0 Å². The van der Waals surface area contributed by atoms with Crippen LogP contribution in [-0.4, -0.2) is 61.4 Å². The predicted molar refractivity (Wildman–Crippen MR) is 120 cm³/mol. The molecule has 156 valence electrons. The third-order valence-corrected chi connectivity index (χ3v) is 5.95. The molecule has 0 unspecified atom stereocenters. The minimum absolute atomic E-state index is 0.281. The number of nitrogens with one attached hydrogen (secondary N) is 1. The van der Waals surface area contributed by atoms with Gasteiger partial charge in [-0.05, 0) is 43.3 Å². The van der Waals surface area contributed by atoms with E-state index in [0.29, 0.717) is 11.3 Å². The first-order chi connectivity index (χ1) is 14.5. The molecule has 4 rings (SSSR count). The zero-order valence-electron chi connectivity index (χ0n) is 17.8. The minimum Gasteiger partial charge on any atom is -0.369 e. The van der Waals surface area contributed by atoms with Crippen LogP contribution < -0.4 is 10.2 Å². The van der Waals surface area contributed by atoms with E-state index < -0.39 is 0 Å². The molecule has 6 nitrogen and oxygen atoms in total. The summed E-state index contributed by atoms with van der Waals surface area (Å²) < 4.78 is 0. The van der Waals surface area contributed by atoms with Crippen molar-refractivity contribution in [2.75, 3.05) is 50.0 Å². The first kappa shape index (κ1) is 20.2. The van der Waals surface area contributed by atoms with Gasteiger partial charge in [0.15, 0.2) is 0 Å². The Morgan fingerprint density at radius 2 is 1.50 bits per heavy atom. The molecule has 0 aromatic heterocycles. The predicted octanol–water partition coefficient (Wildman–Crippen LogP) is 2.96. The molecule has 1 saturated heterocycles. The number of nitrogens with zero attached hydrogens (tertiary/aromatic N) is 3. The second kappa shape index (κ2) is 8.32. The zero-order chi connectivity index (χ0) is 21.3. The van der Waals surface area contributed by atoms with Crippen LogP contribution in [0.1, 0.15) is 18.1 Å². The fourth-order valence-corrected chi connectivity index (χ4v) is 3.97. The lowest BCUT2D eigenvalue weighted by molar-refractivity contribution is -0.135. The molecule has 2 heterocycles. The molecular weight excluding hydrogens is 376 g/mol. The molecule has 2 aromatic rings. The highest BCUT2D eigenvalue weighted by molar-refractivity contribution is 6.36. The SMILES string of the molecule is CCN1CCN(c2ccc(NC3=C(c4ccc(C)cc4)C(=O)N(C)C3=O)cc2)CC1. The van der Waals surface area contributed by atoms with E-state index in [1.807, 2.05) is 43.3 Å². The van der Waals surface area contributed by atoms with E-state index in [2.05, 4.69) is 34.2 Å². The summed E-state index contributed by atoms with van der Waals surface area (Å²) in [5.41, 5.74) is 4.57. The Labute approximate surface area is 177 Å². The Morgan fingerprint density at radius 3 is 2.10 bits per heavy atom. The molecular formula is C24H28N4O2.